The number of hydrogen-bond acceptors (Lipinski definition) is 4. The lowest BCUT2D eigenvalue weighted by molar-refractivity contribution is -0.139. The zero-order valence-electron chi connectivity index (χ0n) is 12.8. The average Bonchev–Trinajstić information content (AvgIpc) is 2.54. The van der Waals surface area contributed by atoms with Crippen molar-refractivity contribution in [2.75, 3.05) is 26.2 Å². The minimum absolute atomic E-state index is 0.0208. The number of nitrogens with zero attached hydrogens (tertiary/aromatic N) is 1. The Balaban J connectivity index is 1.85. The molecule has 1 aromatic carbocycles. The highest BCUT2D eigenvalue weighted by Crippen LogP contribution is 2.16. The van der Waals surface area contributed by atoms with Gasteiger partial charge in [-0.05, 0) is 5.56 Å². The van der Waals surface area contributed by atoms with E-state index in [0.717, 1.165) is 5.56 Å². The van der Waals surface area contributed by atoms with E-state index in [0.29, 0.717) is 26.2 Å². The number of carbonyl (C=O) groups excluding carboxylic acids is 2. The smallest absolute Gasteiger partial charge is 0.224 e. The van der Waals surface area contributed by atoms with Crippen molar-refractivity contribution in [1.82, 2.24) is 10.2 Å². The fraction of sp³-hybridized carbons (Fsp3) is 0.500. The molecule has 0 radical (unpaired) electrons. The van der Waals surface area contributed by atoms with Crippen molar-refractivity contribution >= 4 is 11.8 Å². The van der Waals surface area contributed by atoms with Gasteiger partial charge in [-0.25, -0.2) is 0 Å². The summed E-state index contributed by atoms with van der Waals surface area (Å²) in [4.78, 5) is 25.1. The van der Waals surface area contributed by atoms with Crippen LogP contribution in [0.25, 0.3) is 0 Å². The van der Waals surface area contributed by atoms with Crippen LogP contribution in [0, 0.1) is 0 Å². The highest BCUT2D eigenvalue weighted by Gasteiger charge is 2.25. The number of carbonyl (C=O) groups is 2. The molecule has 0 bridgehead atoms. The third kappa shape index (κ3) is 4.82. The number of amides is 2. The molecule has 1 aromatic rings. The van der Waals surface area contributed by atoms with E-state index in [1.165, 1.54) is 6.92 Å². The van der Waals surface area contributed by atoms with Crippen molar-refractivity contribution in [1.29, 1.82) is 0 Å². The van der Waals surface area contributed by atoms with Gasteiger partial charge in [0.25, 0.3) is 0 Å². The first kappa shape index (κ1) is 16.5. The number of morpholine rings is 1. The van der Waals surface area contributed by atoms with Crippen LogP contribution in [0.4, 0.5) is 0 Å². The first-order valence-electron chi connectivity index (χ1n) is 7.50. The van der Waals surface area contributed by atoms with Gasteiger partial charge in [0.1, 0.15) is 0 Å². The molecule has 1 heterocycles. The Morgan fingerprint density at radius 2 is 2.14 bits per heavy atom. The third-order valence-corrected chi connectivity index (χ3v) is 3.69. The number of hydrogen-bond donors (Lipinski definition) is 2. The molecule has 0 saturated carbocycles. The number of nitrogens with one attached hydrogen (secondary N) is 1. The summed E-state index contributed by atoms with van der Waals surface area (Å²) in [7, 11) is 0. The standard InChI is InChI=1S/C16H23N3O3/c1-12(20)18-10-14-11-19(7-8-22-14)16(21)9-15(17)13-5-3-2-4-6-13/h2-6,14-15H,7-11,17H2,1H3,(H,18,20). The quantitative estimate of drug-likeness (QED) is 0.827. The van der Waals surface area contributed by atoms with E-state index in [9.17, 15) is 9.59 Å². The molecular weight excluding hydrogens is 282 g/mol. The fourth-order valence-electron chi connectivity index (χ4n) is 2.46. The normalized spacial score (nSPS) is 19.5. The van der Waals surface area contributed by atoms with E-state index in [4.69, 9.17) is 10.5 Å². The molecule has 0 spiro atoms. The van der Waals surface area contributed by atoms with Gasteiger partial charge in [0, 0.05) is 39.0 Å². The first-order valence-corrected chi connectivity index (χ1v) is 7.50. The Labute approximate surface area is 130 Å². The summed E-state index contributed by atoms with van der Waals surface area (Å²) in [5, 5.41) is 2.71. The summed E-state index contributed by atoms with van der Waals surface area (Å²) in [5.74, 6) is -0.0781. The molecule has 2 atom stereocenters. The molecule has 22 heavy (non-hydrogen) atoms. The van der Waals surface area contributed by atoms with Crippen LogP contribution in [-0.4, -0.2) is 49.1 Å². The maximum Gasteiger partial charge on any atom is 0.224 e. The Bertz CT molecular complexity index is 507. The summed E-state index contributed by atoms with van der Waals surface area (Å²) in [5.41, 5.74) is 7.06. The highest BCUT2D eigenvalue weighted by molar-refractivity contribution is 5.77. The summed E-state index contributed by atoms with van der Waals surface area (Å²) >= 11 is 0. The molecule has 120 valence electrons. The Hall–Kier alpha value is -1.92. The lowest BCUT2D eigenvalue weighted by atomic mass is 10.0. The van der Waals surface area contributed by atoms with Crippen molar-refractivity contribution < 1.29 is 14.3 Å². The Morgan fingerprint density at radius 1 is 1.41 bits per heavy atom. The van der Waals surface area contributed by atoms with E-state index >= 15 is 0 Å². The molecule has 3 N–H and O–H groups in total. The molecular formula is C16H23N3O3. The maximum atomic E-state index is 12.4. The predicted octanol–water partition coefficient (Wildman–Crippen LogP) is 0.440. The molecule has 2 amide bonds. The zero-order chi connectivity index (χ0) is 15.9. The van der Waals surface area contributed by atoms with Crippen LogP contribution in [-0.2, 0) is 14.3 Å². The van der Waals surface area contributed by atoms with Gasteiger partial charge in [0.15, 0.2) is 0 Å². The van der Waals surface area contributed by atoms with Gasteiger partial charge in [-0.15, -0.1) is 0 Å². The molecule has 1 aliphatic heterocycles. The zero-order valence-corrected chi connectivity index (χ0v) is 12.8. The summed E-state index contributed by atoms with van der Waals surface area (Å²) in [6.45, 7) is 3.42. The number of ether oxygens (including phenoxy) is 1. The van der Waals surface area contributed by atoms with Crippen LogP contribution in [0.15, 0.2) is 30.3 Å². The minimum atomic E-state index is -0.301. The Morgan fingerprint density at radius 3 is 2.82 bits per heavy atom. The summed E-state index contributed by atoms with van der Waals surface area (Å²) < 4.78 is 5.56. The molecule has 2 unspecified atom stereocenters. The van der Waals surface area contributed by atoms with Crippen molar-refractivity contribution in [2.24, 2.45) is 5.73 Å². The van der Waals surface area contributed by atoms with Crippen LogP contribution in [0.3, 0.4) is 0 Å². The van der Waals surface area contributed by atoms with E-state index < -0.39 is 0 Å². The monoisotopic (exact) mass is 305 g/mol. The van der Waals surface area contributed by atoms with Crippen molar-refractivity contribution in [2.45, 2.75) is 25.5 Å². The van der Waals surface area contributed by atoms with E-state index in [1.54, 1.807) is 4.90 Å². The number of rotatable bonds is 5. The Kier molecular flexibility index (Phi) is 5.91. The van der Waals surface area contributed by atoms with Gasteiger partial charge in [-0.2, -0.15) is 0 Å². The summed E-state index contributed by atoms with van der Waals surface area (Å²) in [6.07, 6.45) is 0.117. The van der Waals surface area contributed by atoms with Crippen molar-refractivity contribution in [3.05, 3.63) is 35.9 Å². The molecule has 6 heteroatoms. The molecule has 1 saturated heterocycles. The van der Waals surface area contributed by atoms with Gasteiger partial charge in [0.05, 0.1) is 12.7 Å². The predicted molar refractivity (Wildman–Crippen MR) is 83.0 cm³/mol. The lowest BCUT2D eigenvalue weighted by Gasteiger charge is -2.33. The first-order chi connectivity index (χ1) is 10.6. The minimum Gasteiger partial charge on any atom is -0.373 e. The summed E-state index contributed by atoms with van der Waals surface area (Å²) in [6, 6.07) is 9.31. The van der Waals surface area contributed by atoms with Gasteiger partial charge >= 0.3 is 0 Å². The largest absolute Gasteiger partial charge is 0.373 e. The maximum absolute atomic E-state index is 12.4. The van der Waals surface area contributed by atoms with E-state index in [2.05, 4.69) is 5.32 Å². The highest BCUT2D eigenvalue weighted by atomic mass is 16.5. The van der Waals surface area contributed by atoms with Gasteiger partial charge in [-0.3, -0.25) is 9.59 Å². The molecule has 2 rings (SSSR count). The third-order valence-electron chi connectivity index (χ3n) is 3.69. The molecule has 0 aliphatic carbocycles. The van der Waals surface area contributed by atoms with Crippen LogP contribution in [0.2, 0.25) is 0 Å². The molecule has 1 aliphatic rings. The van der Waals surface area contributed by atoms with Gasteiger partial charge in [-0.1, -0.05) is 30.3 Å². The van der Waals surface area contributed by atoms with Crippen molar-refractivity contribution in [3.8, 4) is 0 Å². The second-order valence-corrected chi connectivity index (χ2v) is 5.49. The van der Waals surface area contributed by atoms with Crippen LogP contribution < -0.4 is 11.1 Å². The van der Waals surface area contributed by atoms with Crippen LogP contribution in [0.5, 0.6) is 0 Å². The van der Waals surface area contributed by atoms with E-state index in [-0.39, 0.29) is 30.4 Å². The number of benzene rings is 1. The van der Waals surface area contributed by atoms with Crippen molar-refractivity contribution in [3.63, 3.8) is 0 Å². The van der Waals surface area contributed by atoms with Gasteiger partial charge < -0.3 is 20.7 Å². The van der Waals surface area contributed by atoms with Crippen LogP contribution in [0.1, 0.15) is 24.9 Å². The SMILES string of the molecule is CC(=O)NCC1CN(C(=O)CC(N)c2ccccc2)CCO1. The fourth-order valence-corrected chi connectivity index (χ4v) is 2.46. The second-order valence-electron chi connectivity index (χ2n) is 5.49. The topological polar surface area (TPSA) is 84.7 Å². The van der Waals surface area contributed by atoms with Gasteiger partial charge in [0.2, 0.25) is 11.8 Å². The molecule has 0 aromatic heterocycles. The number of nitrogens with two attached hydrogens (primary N) is 1. The average molecular weight is 305 g/mol. The molecule has 1 fully saturated rings. The van der Waals surface area contributed by atoms with Crippen LogP contribution >= 0.6 is 0 Å². The van der Waals surface area contributed by atoms with E-state index in [1.807, 2.05) is 30.3 Å². The molecule has 6 nitrogen and oxygen atoms in total. The second kappa shape index (κ2) is 7.91. The lowest BCUT2D eigenvalue weighted by Crippen LogP contribution is -2.49.